The number of aryl methyl sites for hydroxylation is 2. The molecular weight excluding hydrogens is 254 g/mol. The van der Waals surface area contributed by atoms with Crippen LogP contribution in [0.1, 0.15) is 31.2 Å². The molecule has 17 heavy (non-hydrogen) atoms. The fraction of sp³-hybridized carbons (Fsp3) is 0.667. The summed E-state index contributed by atoms with van der Waals surface area (Å²) in [5, 5.41) is 14.5. The third-order valence-corrected chi connectivity index (χ3v) is 5.19. The van der Waals surface area contributed by atoms with Crippen molar-refractivity contribution in [3.8, 4) is 6.07 Å². The van der Waals surface area contributed by atoms with E-state index >= 15 is 0 Å². The molecule has 1 aromatic rings. The van der Waals surface area contributed by atoms with Crippen molar-refractivity contribution in [2.24, 2.45) is 0 Å². The zero-order valence-electron chi connectivity index (χ0n) is 10.2. The number of rotatable bonds is 3. The largest absolute Gasteiger partial charge is 0.268 e. The number of halogens is 1. The van der Waals surface area contributed by atoms with Gasteiger partial charge in [0, 0.05) is 13.0 Å². The molecule has 2 rings (SSSR count). The number of hydrogen-bond donors (Lipinski definition) is 0. The first kappa shape index (κ1) is 12.8. The van der Waals surface area contributed by atoms with Gasteiger partial charge in [-0.05, 0) is 32.4 Å². The number of thioether (sulfide) groups is 1. The van der Waals surface area contributed by atoms with Crippen LogP contribution >= 0.6 is 23.4 Å². The van der Waals surface area contributed by atoms with Gasteiger partial charge in [-0.3, -0.25) is 4.68 Å². The predicted molar refractivity (Wildman–Crippen MR) is 71.4 cm³/mol. The molecule has 2 heterocycles. The van der Waals surface area contributed by atoms with Gasteiger partial charge >= 0.3 is 0 Å². The SMILES string of the molecule is CCn1nc(C)c(Cl)c1CC1(C#N)CCCS1. The van der Waals surface area contributed by atoms with Crippen molar-refractivity contribution in [2.75, 3.05) is 5.75 Å². The van der Waals surface area contributed by atoms with Gasteiger partial charge in [0.1, 0.15) is 4.75 Å². The lowest BCUT2D eigenvalue weighted by Crippen LogP contribution is -2.24. The monoisotopic (exact) mass is 269 g/mol. The summed E-state index contributed by atoms with van der Waals surface area (Å²) < 4.78 is 1.64. The lowest BCUT2D eigenvalue weighted by atomic mass is 9.98. The van der Waals surface area contributed by atoms with Crippen LogP contribution in [0.25, 0.3) is 0 Å². The molecule has 0 saturated carbocycles. The highest BCUT2D eigenvalue weighted by Crippen LogP contribution is 2.41. The second-order valence-corrected chi connectivity index (χ2v) is 6.25. The van der Waals surface area contributed by atoms with Crippen LogP contribution in [0.4, 0.5) is 0 Å². The second kappa shape index (κ2) is 4.91. The molecule has 1 fully saturated rings. The van der Waals surface area contributed by atoms with E-state index in [4.69, 9.17) is 11.6 Å². The van der Waals surface area contributed by atoms with Crippen LogP contribution in [0.5, 0.6) is 0 Å². The Labute approximate surface area is 111 Å². The first-order valence-corrected chi connectivity index (χ1v) is 7.25. The minimum Gasteiger partial charge on any atom is -0.268 e. The molecule has 0 amide bonds. The van der Waals surface area contributed by atoms with Crippen molar-refractivity contribution < 1.29 is 0 Å². The third-order valence-electron chi connectivity index (χ3n) is 3.21. The number of nitrogens with zero attached hydrogens (tertiary/aromatic N) is 3. The van der Waals surface area contributed by atoms with E-state index in [-0.39, 0.29) is 4.75 Å². The van der Waals surface area contributed by atoms with Gasteiger partial charge < -0.3 is 0 Å². The molecule has 5 heteroatoms. The molecule has 1 atom stereocenters. The third kappa shape index (κ3) is 2.31. The van der Waals surface area contributed by atoms with E-state index in [9.17, 15) is 5.26 Å². The van der Waals surface area contributed by atoms with Crippen LogP contribution in [0, 0.1) is 18.3 Å². The Bertz CT molecular complexity index is 455. The topological polar surface area (TPSA) is 41.6 Å². The minimum atomic E-state index is -0.289. The summed E-state index contributed by atoms with van der Waals surface area (Å²) in [6.45, 7) is 4.76. The molecule has 1 aliphatic heterocycles. The molecule has 1 aliphatic rings. The van der Waals surface area contributed by atoms with Gasteiger partial charge in [0.15, 0.2) is 0 Å². The van der Waals surface area contributed by atoms with Crippen LogP contribution in [0.3, 0.4) is 0 Å². The van der Waals surface area contributed by atoms with Gasteiger partial charge in [-0.15, -0.1) is 11.8 Å². The molecular formula is C12H16ClN3S. The maximum Gasteiger partial charge on any atom is 0.108 e. The van der Waals surface area contributed by atoms with E-state index in [0.717, 1.165) is 41.5 Å². The Morgan fingerprint density at radius 1 is 1.65 bits per heavy atom. The molecule has 0 spiro atoms. The van der Waals surface area contributed by atoms with Gasteiger partial charge in [-0.25, -0.2) is 0 Å². The molecule has 0 aliphatic carbocycles. The number of hydrogen-bond acceptors (Lipinski definition) is 3. The Morgan fingerprint density at radius 2 is 2.41 bits per heavy atom. The number of nitriles is 1. The molecule has 0 aromatic carbocycles. The zero-order chi connectivity index (χ0) is 12.5. The maximum absolute atomic E-state index is 9.40. The lowest BCUT2D eigenvalue weighted by molar-refractivity contribution is 0.580. The van der Waals surface area contributed by atoms with Crippen molar-refractivity contribution >= 4 is 23.4 Å². The molecule has 1 aromatic heterocycles. The van der Waals surface area contributed by atoms with E-state index in [1.54, 1.807) is 11.8 Å². The zero-order valence-corrected chi connectivity index (χ0v) is 11.7. The Balaban J connectivity index is 2.32. The van der Waals surface area contributed by atoms with Crippen molar-refractivity contribution in [1.82, 2.24) is 9.78 Å². The summed E-state index contributed by atoms with van der Waals surface area (Å²) in [5.74, 6) is 1.07. The average Bonchev–Trinajstić information content (AvgIpc) is 2.90. The fourth-order valence-electron chi connectivity index (χ4n) is 2.27. The molecule has 1 saturated heterocycles. The Hall–Kier alpha value is -0.660. The van der Waals surface area contributed by atoms with Crippen LogP contribution in [0.15, 0.2) is 0 Å². The molecule has 0 N–H and O–H groups in total. The van der Waals surface area contributed by atoms with Gasteiger partial charge in [0.2, 0.25) is 0 Å². The van der Waals surface area contributed by atoms with E-state index in [1.807, 2.05) is 18.5 Å². The summed E-state index contributed by atoms with van der Waals surface area (Å²) in [4.78, 5) is 0. The van der Waals surface area contributed by atoms with Crippen molar-refractivity contribution in [2.45, 2.75) is 44.4 Å². The average molecular weight is 270 g/mol. The van der Waals surface area contributed by atoms with Crippen molar-refractivity contribution in [3.05, 3.63) is 16.4 Å². The van der Waals surface area contributed by atoms with Crippen molar-refractivity contribution in [3.63, 3.8) is 0 Å². The minimum absolute atomic E-state index is 0.289. The standard InChI is InChI=1S/C12H16ClN3S/c1-3-16-10(11(13)9(2)15-16)7-12(8-14)5-4-6-17-12/h3-7H2,1-2H3. The fourth-order valence-corrected chi connectivity index (χ4v) is 3.75. The van der Waals surface area contributed by atoms with E-state index in [1.165, 1.54) is 0 Å². The van der Waals surface area contributed by atoms with Crippen molar-refractivity contribution in [1.29, 1.82) is 5.26 Å². The first-order valence-electron chi connectivity index (χ1n) is 5.89. The van der Waals surface area contributed by atoms with E-state index in [2.05, 4.69) is 11.2 Å². The summed E-state index contributed by atoms with van der Waals surface area (Å²) in [6.07, 6.45) is 2.79. The maximum atomic E-state index is 9.40. The highest BCUT2D eigenvalue weighted by molar-refractivity contribution is 8.01. The molecule has 3 nitrogen and oxygen atoms in total. The quantitative estimate of drug-likeness (QED) is 0.846. The van der Waals surface area contributed by atoms with Crippen LogP contribution in [0.2, 0.25) is 5.02 Å². The van der Waals surface area contributed by atoms with Gasteiger partial charge in [0.25, 0.3) is 0 Å². The first-order chi connectivity index (χ1) is 8.12. The highest BCUT2D eigenvalue weighted by Gasteiger charge is 2.37. The second-order valence-electron chi connectivity index (χ2n) is 4.40. The van der Waals surface area contributed by atoms with E-state index in [0.29, 0.717) is 6.42 Å². The molecule has 92 valence electrons. The number of aromatic nitrogens is 2. The van der Waals surface area contributed by atoms with Gasteiger partial charge in [-0.2, -0.15) is 10.4 Å². The Kier molecular flexibility index (Phi) is 3.70. The summed E-state index contributed by atoms with van der Waals surface area (Å²) in [5.41, 5.74) is 1.88. The summed E-state index contributed by atoms with van der Waals surface area (Å²) in [6, 6.07) is 2.48. The smallest absolute Gasteiger partial charge is 0.108 e. The Morgan fingerprint density at radius 3 is 2.94 bits per heavy atom. The van der Waals surface area contributed by atoms with E-state index < -0.39 is 0 Å². The van der Waals surface area contributed by atoms with Gasteiger partial charge in [-0.1, -0.05) is 11.6 Å². The summed E-state index contributed by atoms with van der Waals surface area (Å²) >= 11 is 8.05. The molecule has 0 bridgehead atoms. The summed E-state index contributed by atoms with van der Waals surface area (Å²) in [7, 11) is 0. The predicted octanol–water partition coefficient (Wildman–Crippen LogP) is 3.20. The molecule has 1 unspecified atom stereocenters. The lowest BCUT2D eigenvalue weighted by Gasteiger charge is -2.19. The van der Waals surface area contributed by atoms with Crippen LogP contribution < -0.4 is 0 Å². The van der Waals surface area contributed by atoms with Crippen LogP contribution in [-0.2, 0) is 13.0 Å². The van der Waals surface area contributed by atoms with Crippen LogP contribution in [-0.4, -0.2) is 20.3 Å². The molecule has 0 radical (unpaired) electrons. The van der Waals surface area contributed by atoms with Gasteiger partial charge in [0.05, 0.1) is 22.5 Å². The highest BCUT2D eigenvalue weighted by atomic mass is 35.5. The normalized spacial score (nSPS) is 23.9.